The fourth-order valence-corrected chi connectivity index (χ4v) is 2.75. The number of halogens is 4. The van der Waals surface area contributed by atoms with Crippen molar-refractivity contribution in [3.63, 3.8) is 0 Å². The molecule has 2 unspecified atom stereocenters. The van der Waals surface area contributed by atoms with E-state index in [2.05, 4.69) is 5.32 Å². The summed E-state index contributed by atoms with van der Waals surface area (Å²) in [5.74, 6) is -1.24. The number of likely N-dealkylation sites (tertiary alicyclic amines) is 1. The van der Waals surface area contributed by atoms with Crippen molar-refractivity contribution in [2.24, 2.45) is 11.8 Å². The number of nitrogens with zero attached hydrogens (tertiary/aromatic N) is 1. The van der Waals surface area contributed by atoms with E-state index in [0.29, 0.717) is 22.6 Å². The molecule has 23 heavy (non-hydrogen) atoms. The van der Waals surface area contributed by atoms with Gasteiger partial charge in [0, 0.05) is 32.2 Å². The number of aliphatic carboxylic acids is 1. The van der Waals surface area contributed by atoms with E-state index in [9.17, 15) is 18.0 Å². The molecule has 2 N–H and O–H groups in total. The van der Waals surface area contributed by atoms with Gasteiger partial charge in [-0.1, -0.05) is 11.6 Å². The molecule has 2 aliphatic rings. The molecule has 1 aromatic heterocycles. The largest absolute Gasteiger partial charge is 0.490 e. The number of carboxylic acids is 1. The minimum absolute atomic E-state index is 0.0405. The lowest BCUT2D eigenvalue weighted by atomic mass is 10.0. The molecular formula is C13H14ClF3N2O4. The molecule has 128 valence electrons. The standard InChI is InChI=1S/C11H13ClN2O2.C2HF3O2/c12-9-1-10(16-6-9)11(15)14-4-7-2-13-3-8(7)5-14;3-2(4,5)1(6)7/h1,6-8,13H,2-5H2;(H,6,7). The summed E-state index contributed by atoms with van der Waals surface area (Å²) in [7, 11) is 0. The lowest BCUT2D eigenvalue weighted by Gasteiger charge is -2.15. The third-order valence-corrected chi connectivity index (χ3v) is 3.90. The lowest BCUT2D eigenvalue weighted by molar-refractivity contribution is -0.192. The number of rotatable bonds is 1. The van der Waals surface area contributed by atoms with Gasteiger partial charge in [-0.3, -0.25) is 4.79 Å². The highest BCUT2D eigenvalue weighted by Crippen LogP contribution is 2.28. The minimum atomic E-state index is -5.08. The summed E-state index contributed by atoms with van der Waals surface area (Å²) in [4.78, 5) is 22.8. The fraction of sp³-hybridized carbons (Fsp3) is 0.538. The number of hydrogen-bond acceptors (Lipinski definition) is 4. The second kappa shape index (κ2) is 6.79. The first kappa shape index (κ1) is 17.6. The Bertz CT molecular complexity index is 578. The highest BCUT2D eigenvalue weighted by atomic mass is 35.5. The van der Waals surface area contributed by atoms with Gasteiger partial charge in [0.2, 0.25) is 0 Å². The van der Waals surface area contributed by atoms with Crippen molar-refractivity contribution in [3.05, 3.63) is 23.1 Å². The molecule has 2 atom stereocenters. The predicted octanol–water partition coefficient (Wildman–Crippen LogP) is 1.86. The lowest BCUT2D eigenvalue weighted by Crippen LogP contribution is -2.31. The Labute approximate surface area is 134 Å². The minimum Gasteiger partial charge on any atom is -0.475 e. The summed E-state index contributed by atoms with van der Waals surface area (Å²) >= 11 is 5.73. The Balaban J connectivity index is 0.000000236. The van der Waals surface area contributed by atoms with Crippen LogP contribution in [-0.2, 0) is 4.79 Å². The van der Waals surface area contributed by atoms with Crippen molar-refractivity contribution < 1.29 is 32.3 Å². The third kappa shape index (κ3) is 4.38. The maximum absolute atomic E-state index is 12.0. The van der Waals surface area contributed by atoms with Crippen molar-refractivity contribution >= 4 is 23.5 Å². The van der Waals surface area contributed by atoms with E-state index in [1.807, 2.05) is 4.90 Å². The molecule has 0 aromatic carbocycles. The van der Waals surface area contributed by atoms with Crippen LogP contribution < -0.4 is 5.32 Å². The maximum atomic E-state index is 12.0. The number of fused-ring (bicyclic) bond motifs is 1. The molecule has 0 spiro atoms. The molecule has 3 rings (SSSR count). The Morgan fingerprint density at radius 3 is 2.22 bits per heavy atom. The summed E-state index contributed by atoms with van der Waals surface area (Å²) in [6.07, 6.45) is -3.69. The first-order chi connectivity index (χ1) is 10.7. The fourth-order valence-electron chi connectivity index (χ4n) is 2.60. The highest BCUT2D eigenvalue weighted by Gasteiger charge is 2.39. The normalized spacial score (nSPS) is 23.2. The maximum Gasteiger partial charge on any atom is 0.490 e. The van der Waals surface area contributed by atoms with Crippen LogP contribution in [0.2, 0.25) is 5.02 Å². The first-order valence-corrected chi connectivity index (χ1v) is 7.10. The number of furan rings is 1. The molecule has 1 aromatic rings. The van der Waals surface area contributed by atoms with Gasteiger partial charge in [-0.25, -0.2) is 4.79 Å². The highest BCUT2D eigenvalue weighted by molar-refractivity contribution is 6.30. The van der Waals surface area contributed by atoms with Crippen molar-refractivity contribution in [1.29, 1.82) is 0 Å². The van der Waals surface area contributed by atoms with Gasteiger partial charge in [-0.2, -0.15) is 13.2 Å². The zero-order valence-electron chi connectivity index (χ0n) is 11.8. The summed E-state index contributed by atoms with van der Waals surface area (Å²) < 4.78 is 36.9. The molecule has 1 amide bonds. The summed E-state index contributed by atoms with van der Waals surface area (Å²) in [6.45, 7) is 3.70. The molecule has 0 bridgehead atoms. The number of carboxylic acid groups (broad SMARTS) is 1. The van der Waals surface area contributed by atoms with Crippen LogP contribution in [0.4, 0.5) is 13.2 Å². The van der Waals surface area contributed by atoms with Crippen LogP contribution in [0.15, 0.2) is 16.7 Å². The second-order valence-electron chi connectivity index (χ2n) is 5.32. The van der Waals surface area contributed by atoms with Crippen LogP contribution in [-0.4, -0.2) is 54.2 Å². The van der Waals surface area contributed by atoms with Crippen molar-refractivity contribution in [2.75, 3.05) is 26.2 Å². The Morgan fingerprint density at radius 2 is 1.83 bits per heavy atom. The Hall–Kier alpha value is -1.74. The number of carbonyl (C=O) groups is 2. The van der Waals surface area contributed by atoms with Crippen LogP contribution >= 0.6 is 11.6 Å². The number of alkyl halides is 3. The monoisotopic (exact) mass is 354 g/mol. The van der Waals surface area contributed by atoms with E-state index < -0.39 is 12.1 Å². The first-order valence-electron chi connectivity index (χ1n) is 6.72. The molecule has 0 aliphatic carbocycles. The summed E-state index contributed by atoms with van der Waals surface area (Å²) in [6, 6.07) is 1.58. The molecular weight excluding hydrogens is 341 g/mol. The number of hydrogen-bond donors (Lipinski definition) is 2. The van der Waals surface area contributed by atoms with E-state index in [1.54, 1.807) is 6.07 Å². The SMILES string of the molecule is O=C(O)C(F)(F)F.O=C(c1cc(Cl)co1)N1CC2CNCC2C1. The van der Waals surface area contributed by atoms with Gasteiger partial charge < -0.3 is 19.7 Å². The van der Waals surface area contributed by atoms with Crippen molar-refractivity contribution in [3.8, 4) is 0 Å². The van der Waals surface area contributed by atoms with E-state index in [1.165, 1.54) is 6.26 Å². The van der Waals surface area contributed by atoms with Gasteiger partial charge in [0.15, 0.2) is 5.76 Å². The van der Waals surface area contributed by atoms with Gasteiger partial charge in [-0.15, -0.1) is 0 Å². The third-order valence-electron chi connectivity index (χ3n) is 3.70. The molecule has 10 heteroatoms. The number of amides is 1. The van der Waals surface area contributed by atoms with E-state index in [-0.39, 0.29) is 5.91 Å². The summed E-state index contributed by atoms with van der Waals surface area (Å²) in [5, 5.41) is 10.9. The summed E-state index contributed by atoms with van der Waals surface area (Å²) in [5.41, 5.74) is 0. The van der Waals surface area contributed by atoms with Crippen LogP contribution in [0.5, 0.6) is 0 Å². The molecule has 3 heterocycles. The zero-order chi connectivity index (χ0) is 17.2. The van der Waals surface area contributed by atoms with Crippen LogP contribution in [0.1, 0.15) is 10.6 Å². The molecule has 0 saturated carbocycles. The van der Waals surface area contributed by atoms with Crippen LogP contribution in [0.3, 0.4) is 0 Å². The molecule has 2 aliphatic heterocycles. The average molecular weight is 355 g/mol. The number of carbonyl (C=O) groups excluding carboxylic acids is 1. The zero-order valence-corrected chi connectivity index (χ0v) is 12.5. The Kier molecular flexibility index (Phi) is 5.20. The van der Waals surface area contributed by atoms with Gasteiger partial charge in [-0.05, 0) is 11.8 Å². The van der Waals surface area contributed by atoms with Gasteiger partial charge in [0.25, 0.3) is 5.91 Å². The van der Waals surface area contributed by atoms with Crippen LogP contribution in [0, 0.1) is 11.8 Å². The van der Waals surface area contributed by atoms with Gasteiger partial charge in [0.05, 0.1) is 5.02 Å². The number of nitrogens with one attached hydrogen (secondary N) is 1. The van der Waals surface area contributed by atoms with E-state index in [0.717, 1.165) is 26.2 Å². The predicted molar refractivity (Wildman–Crippen MR) is 73.2 cm³/mol. The second-order valence-corrected chi connectivity index (χ2v) is 5.76. The molecule has 6 nitrogen and oxygen atoms in total. The molecule has 2 fully saturated rings. The van der Waals surface area contributed by atoms with E-state index >= 15 is 0 Å². The van der Waals surface area contributed by atoms with Crippen molar-refractivity contribution in [1.82, 2.24) is 10.2 Å². The smallest absolute Gasteiger partial charge is 0.475 e. The average Bonchev–Trinajstić information content (AvgIpc) is 3.11. The quantitative estimate of drug-likeness (QED) is 0.804. The topological polar surface area (TPSA) is 82.8 Å². The van der Waals surface area contributed by atoms with E-state index in [4.69, 9.17) is 25.9 Å². The van der Waals surface area contributed by atoms with Crippen LogP contribution in [0.25, 0.3) is 0 Å². The Morgan fingerprint density at radius 1 is 1.30 bits per heavy atom. The van der Waals surface area contributed by atoms with Gasteiger partial charge in [0.1, 0.15) is 6.26 Å². The molecule has 0 radical (unpaired) electrons. The molecule has 2 saturated heterocycles. The van der Waals surface area contributed by atoms with Gasteiger partial charge >= 0.3 is 12.1 Å². The van der Waals surface area contributed by atoms with Crippen molar-refractivity contribution in [2.45, 2.75) is 6.18 Å².